The van der Waals surface area contributed by atoms with Crippen LogP contribution in [-0.2, 0) is 6.42 Å². The van der Waals surface area contributed by atoms with E-state index in [-0.39, 0.29) is 0 Å². The Bertz CT molecular complexity index is 797. The molecule has 0 fully saturated rings. The first-order valence-electron chi connectivity index (χ1n) is 6.66. The lowest BCUT2D eigenvalue weighted by Gasteiger charge is -2.08. The van der Waals surface area contributed by atoms with Crippen molar-refractivity contribution in [2.45, 2.75) is 19.8 Å². The van der Waals surface area contributed by atoms with Gasteiger partial charge in [0, 0.05) is 10.9 Å². The van der Waals surface area contributed by atoms with Gasteiger partial charge in [0.1, 0.15) is 0 Å². The Kier molecular flexibility index (Phi) is 3.31. The summed E-state index contributed by atoms with van der Waals surface area (Å²) in [5.41, 5.74) is 7.35. The van der Waals surface area contributed by atoms with E-state index in [1.807, 2.05) is 6.07 Å². The minimum absolute atomic E-state index is 0.424. The van der Waals surface area contributed by atoms with Gasteiger partial charge in [0.2, 0.25) is 5.91 Å². The van der Waals surface area contributed by atoms with Crippen LogP contribution in [0.5, 0.6) is 0 Å². The quantitative estimate of drug-likeness (QED) is 0.776. The fourth-order valence-electron chi connectivity index (χ4n) is 2.18. The number of hydrogen-bond donors (Lipinski definition) is 1. The fourth-order valence-corrected chi connectivity index (χ4v) is 2.18. The normalized spacial score (nSPS) is 10.9. The van der Waals surface area contributed by atoms with Crippen molar-refractivity contribution in [1.29, 1.82) is 0 Å². The predicted molar refractivity (Wildman–Crippen MR) is 77.0 cm³/mol. The molecule has 7 heteroatoms. The number of rotatable bonds is 4. The van der Waals surface area contributed by atoms with Gasteiger partial charge in [-0.25, -0.2) is 9.97 Å². The molecular weight excluding hydrogens is 268 g/mol. The van der Waals surface area contributed by atoms with E-state index in [2.05, 4.69) is 27.2 Å². The molecule has 1 aromatic carbocycles. The standard InChI is InChI=1S/C14H14N6O/c1-2-3-11-10-5-4-9(13(15)21)8-12(10)18-14(17-11)20-7-6-16-19-20/h4-8H,2-3H2,1H3,(H2,15,21). The number of aromatic nitrogens is 5. The molecule has 0 atom stereocenters. The lowest BCUT2D eigenvalue weighted by molar-refractivity contribution is 0.100. The molecule has 2 N–H and O–H groups in total. The summed E-state index contributed by atoms with van der Waals surface area (Å²) >= 11 is 0. The Morgan fingerprint density at radius 2 is 2.19 bits per heavy atom. The van der Waals surface area contributed by atoms with Gasteiger partial charge >= 0.3 is 0 Å². The highest BCUT2D eigenvalue weighted by Crippen LogP contribution is 2.20. The molecule has 1 amide bonds. The van der Waals surface area contributed by atoms with Crippen molar-refractivity contribution in [1.82, 2.24) is 25.0 Å². The molecule has 3 aromatic rings. The Morgan fingerprint density at radius 3 is 2.86 bits per heavy atom. The highest BCUT2D eigenvalue weighted by molar-refractivity contribution is 5.97. The molecule has 0 saturated heterocycles. The van der Waals surface area contributed by atoms with Gasteiger partial charge in [-0.05, 0) is 18.6 Å². The monoisotopic (exact) mass is 282 g/mol. The van der Waals surface area contributed by atoms with Crippen molar-refractivity contribution in [3.05, 3.63) is 41.9 Å². The number of primary amides is 1. The Labute approximate surface area is 120 Å². The second-order valence-corrected chi connectivity index (χ2v) is 4.66. The average molecular weight is 282 g/mol. The summed E-state index contributed by atoms with van der Waals surface area (Å²) < 4.78 is 1.50. The van der Waals surface area contributed by atoms with Gasteiger partial charge in [-0.3, -0.25) is 4.79 Å². The van der Waals surface area contributed by atoms with Crippen LogP contribution < -0.4 is 5.73 Å². The molecular formula is C14H14N6O. The van der Waals surface area contributed by atoms with E-state index >= 15 is 0 Å². The van der Waals surface area contributed by atoms with Gasteiger partial charge in [0.15, 0.2) is 0 Å². The lowest BCUT2D eigenvalue weighted by Crippen LogP contribution is -2.11. The summed E-state index contributed by atoms with van der Waals surface area (Å²) in [5.74, 6) is -0.0417. The second-order valence-electron chi connectivity index (χ2n) is 4.66. The summed E-state index contributed by atoms with van der Waals surface area (Å²) in [5, 5.41) is 8.58. The molecule has 0 spiro atoms. The van der Waals surface area contributed by atoms with Gasteiger partial charge in [-0.15, -0.1) is 5.10 Å². The number of nitrogens with zero attached hydrogens (tertiary/aromatic N) is 5. The molecule has 21 heavy (non-hydrogen) atoms. The number of amides is 1. The van der Waals surface area contributed by atoms with Crippen LogP contribution in [0, 0.1) is 0 Å². The Hall–Kier alpha value is -2.83. The van der Waals surface area contributed by atoms with E-state index in [4.69, 9.17) is 5.73 Å². The maximum atomic E-state index is 11.3. The third-order valence-electron chi connectivity index (χ3n) is 3.16. The van der Waals surface area contributed by atoms with Crippen LogP contribution in [0.25, 0.3) is 16.9 Å². The molecule has 0 unspecified atom stereocenters. The van der Waals surface area contributed by atoms with Crippen molar-refractivity contribution in [3.8, 4) is 5.95 Å². The number of benzene rings is 1. The summed E-state index contributed by atoms with van der Waals surface area (Å²) in [7, 11) is 0. The van der Waals surface area contributed by atoms with Crippen LogP contribution in [0.1, 0.15) is 29.4 Å². The number of fused-ring (bicyclic) bond motifs is 1. The molecule has 106 valence electrons. The van der Waals surface area contributed by atoms with Crippen molar-refractivity contribution >= 4 is 16.8 Å². The average Bonchev–Trinajstić information content (AvgIpc) is 3.01. The van der Waals surface area contributed by atoms with Crippen molar-refractivity contribution in [3.63, 3.8) is 0 Å². The first kappa shape index (κ1) is 13.2. The molecule has 2 aromatic heterocycles. The van der Waals surface area contributed by atoms with E-state index in [0.29, 0.717) is 17.0 Å². The Morgan fingerprint density at radius 1 is 1.33 bits per heavy atom. The molecule has 7 nitrogen and oxygen atoms in total. The number of nitrogens with two attached hydrogens (primary N) is 1. The molecule has 0 radical (unpaired) electrons. The van der Waals surface area contributed by atoms with E-state index in [9.17, 15) is 4.79 Å². The number of carbonyl (C=O) groups excluding carboxylic acids is 1. The maximum Gasteiger partial charge on any atom is 0.252 e. The van der Waals surface area contributed by atoms with Gasteiger partial charge in [-0.1, -0.05) is 24.6 Å². The molecule has 0 aliphatic heterocycles. The SMILES string of the molecule is CCCc1nc(-n2ccnn2)nc2cc(C(N)=O)ccc12. The minimum Gasteiger partial charge on any atom is -0.366 e. The van der Waals surface area contributed by atoms with Crippen molar-refractivity contribution in [2.75, 3.05) is 0 Å². The van der Waals surface area contributed by atoms with E-state index in [0.717, 1.165) is 23.9 Å². The highest BCUT2D eigenvalue weighted by Gasteiger charge is 2.11. The largest absolute Gasteiger partial charge is 0.366 e. The number of hydrogen-bond acceptors (Lipinski definition) is 5. The number of aryl methyl sites for hydroxylation is 1. The predicted octanol–water partition coefficient (Wildman–Crippen LogP) is 1.26. The van der Waals surface area contributed by atoms with Crippen LogP contribution in [0.2, 0.25) is 0 Å². The third-order valence-corrected chi connectivity index (χ3v) is 3.16. The zero-order chi connectivity index (χ0) is 14.8. The van der Waals surface area contributed by atoms with Crippen LogP contribution in [0.4, 0.5) is 0 Å². The van der Waals surface area contributed by atoms with Gasteiger partial charge in [0.05, 0.1) is 23.6 Å². The fraction of sp³-hybridized carbons (Fsp3) is 0.214. The molecule has 0 bridgehead atoms. The highest BCUT2D eigenvalue weighted by atomic mass is 16.1. The molecule has 0 aliphatic carbocycles. The van der Waals surface area contributed by atoms with Crippen molar-refractivity contribution in [2.24, 2.45) is 5.73 Å². The van der Waals surface area contributed by atoms with E-state index in [1.54, 1.807) is 24.5 Å². The first-order chi connectivity index (χ1) is 10.2. The molecule has 3 rings (SSSR count). The smallest absolute Gasteiger partial charge is 0.252 e. The van der Waals surface area contributed by atoms with Crippen LogP contribution >= 0.6 is 0 Å². The van der Waals surface area contributed by atoms with Gasteiger partial charge < -0.3 is 5.73 Å². The third kappa shape index (κ3) is 2.45. The lowest BCUT2D eigenvalue weighted by atomic mass is 10.1. The maximum absolute atomic E-state index is 11.3. The first-order valence-corrected chi connectivity index (χ1v) is 6.66. The topological polar surface area (TPSA) is 99.6 Å². The molecule has 2 heterocycles. The van der Waals surface area contributed by atoms with Crippen LogP contribution in [-0.4, -0.2) is 30.9 Å². The van der Waals surface area contributed by atoms with Crippen LogP contribution in [0.15, 0.2) is 30.6 Å². The summed E-state index contributed by atoms with van der Waals surface area (Å²) in [4.78, 5) is 20.3. The summed E-state index contributed by atoms with van der Waals surface area (Å²) in [6, 6.07) is 5.22. The summed E-state index contributed by atoms with van der Waals surface area (Å²) in [6.45, 7) is 2.08. The minimum atomic E-state index is -0.477. The Balaban J connectivity index is 2.24. The van der Waals surface area contributed by atoms with E-state index < -0.39 is 5.91 Å². The van der Waals surface area contributed by atoms with Crippen molar-refractivity contribution < 1.29 is 4.79 Å². The molecule has 0 aliphatic rings. The van der Waals surface area contributed by atoms with Gasteiger partial charge in [0.25, 0.3) is 5.95 Å². The zero-order valence-electron chi connectivity index (χ0n) is 11.5. The summed E-state index contributed by atoms with van der Waals surface area (Å²) in [6.07, 6.45) is 5.01. The zero-order valence-corrected chi connectivity index (χ0v) is 11.5. The van der Waals surface area contributed by atoms with E-state index in [1.165, 1.54) is 4.68 Å². The van der Waals surface area contributed by atoms with Gasteiger partial charge in [-0.2, -0.15) is 4.68 Å². The molecule has 0 saturated carbocycles. The number of carbonyl (C=O) groups is 1. The van der Waals surface area contributed by atoms with Crippen LogP contribution in [0.3, 0.4) is 0 Å². The second kappa shape index (κ2) is 5.28.